The Labute approximate surface area is 154 Å². The molecule has 3 rings (SSSR count). The average Bonchev–Trinajstić information content (AvgIpc) is 3.06. The van der Waals surface area contributed by atoms with Gasteiger partial charge in [-0.15, -0.1) is 0 Å². The highest BCUT2D eigenvalue weighted by atomic mass is 16.5. The van der Waals surface area contributed by atoms with Crippen LogP contribution in [0.1, 0.15) is 32.2 Å². The molecule has 2 aromatic heterocycles. The van der Waals surface area contributed by atoms with E-state index in [0.29, 0.717) is 12.4 Å². The molecule has 7 nitrogen and oxygen atoms in total. The van der Waals surface area contributed by atoms with Crippen LogP contribution in [0, 0.1) is 0 Å². The number of nitrogens with one attached hydrogen (secondary N) is 1. The Balaban J connectivity index is 1.42. The molecule has 0 aliphatic carbocycles. The van der Waals surface area contributed by atoms with Crippen molar-refractivity contribution in [1.29, 1.82) is 0 Å². The number of nitrogens with zero attached hydrogens (tertiary/aromatic N) is 4. The zero-order valence-electron chi connectivity index (χ0n) is 15.7. The van der Waals surface area contributed by atoms with E-state index in [2.05, 4.69) is 46.0 Å². The van der Waals surface area contributed by atoms with Gasteiger partial charge in [0, 0.05) is 50.4 Å². The van der Waals surface area contributed by atoms with Gasteiger partial charge in [0.25, 0.3) is 0 Å². The molecule has 1 aliphatic rings. The van der Waals surface area contributed by atoms with Gasteiger partial charge in [0.05, 0.1) is 17.9 Å². The smallest absolute Gasteiger partial charge is 0.240 e. The maximum atomic E-state index is 12.2. The summed E-state index contributed by atoms with van der Waals surface area (Å²) in [5, 5.41) is 6.82. The van der Waals surface area contributed by atoms with Crippen LogP contribution in [-0.4, -0.2) is 58.6 Å². The Kier molecular flexibility index (Phi) is 5.68. The Morgan fingerprint density at radius 2 is 1.92 bits per heavy atom. The summed E-state index contributed by atoms with van der Waals surface area (Å²) in [4.78, 5) is 21.1. The van der Waals surface area contributed by atoms with E-state index in [1.165, 1.54) is 0 Å². The van der Waals surface area contributed by atoms with Crippen molar-refractivity contribution in [2.45, 2.75) is 32.7 Å². The normalized spacial score (nSPS) is 16.6. The van der Waals surface area contributed by atoms with Crippen LogP contribution in [0.15, 0.2) is 35.0 Å². The van der Waals surface area contributed by atoms with Gasteiger partial charge >= 0.3 is 0 Å². The number of hydrogen-bond acceptors (Lipinski definition) is 6. The van der Waals surface area contributed by atoms with Crippen LogP contribution >= 0.6 is 0 Å². The number of carbonyl (C=O) groups is 1. The van der Waals surface area contributed by atoms with E-state index in [9.17, 15) is 4.79 Å². The van der Waals surface area contributed by atoms with Crippen LogP contribution in [0.4, 0.5) is 5.88 Å². The first-order chi connectivity index (χ1) is 12.4. The second kappa shape index (κ2) is 7.97. The summed E-state index contributed by atoms with van der Waals surface area (Å²) in [7, 11) is 0. The second-order valence-corrected chi connectivity index (χ2v) is 7.75. The summed E-state index contributed by atoms with van der Waals surface area (Å²) in [6.45, 7) is 11.0. The van der Waals surface area contributed by atoms with Crippen molar-refractivity contribution in [3.63, 3.8) is 0 Å². The quantitative estimate of drug-likeness (QED) is 0.884. The van der Waals surface area contributed by atoms with Crippen molar-refractivity contribution in [3.05, 3.63) is 41.9 Å². The number of piperazine rings is 1. The largest absolute Gasteiger partial charge is 0.338 e. The van der Waals surface area contributed by atoms with E-state index >= 15 is 0 Å². The summed E-state index contributed by atoms with van der Waals surface area (Å²) in [6, 6.07) is 7.78. The zero-order valence-corrected chi connectivity index (χ0v) is 15.7. The number of hydrogen-bond donors (Lipinski definition) is 1. The molecule has 1 fully saturated rings. The molecule has 0 aromatic carbocycles. The van der Waals surface area contributed by atoms with E-state index in [1.807, 2.05) is 24.4 Å². The van der Waals surface area contributed by atoms with Gasteiger partial charge in [-0.2, -0.15) is 0 Å². The molecule has 2 aromatic rings. The lowest BCUT2D eigenvalue weighted by Gasteiger charge is -2.33. The third kappa shape index (κ3) is 5.12. The van der Waals surface area contributed by atoms with Crippen LogP contribution in [0.5, 0.6) is 0 Å². The van der Waals surface area contributed by atoms with Crippen LogP contribution in [0.25, 0.3) is 0 Å². The van der Waals surface area contributed by atoms with Crippen molar-refractivity contribution in [2.24, 2.45) is 0 Å². The van der Waals surface area contributed by atoms with Crippen LogP contribution in [-0.2, 0) is 16.8 Å². The molecule has 0 saturated carbocycles. The van der Waals surface area contributed by atoms with Gasteiger partial charge in [0.15, 0.2) is 0 Å². The van der Waals surface area contributed by atoms with Crippen molar-refractivity contribution in [2.75, 3.05) is 38.0 Å². The van der Waals surface area contributed by atoms with Gasteiger partial charge in [-0.05, 0) is 12.1 Å². The predicted molar refractivity (Wildman–Crippen MR) is 99.8 cm³/mol. The minimum atomic E-state index is -0.101. The molecular weight excluding hydrogens is 330 g/mol. The Bertz CT molecular complexity index is 715. The fourth-order valence-corrected chi connectivity index (χ4v) is 2.89. The van der Waals surface area contributed by atoms with E-state index in [0.717, 1.165) is 44.1 Å². The molecule has 1 N–H and O–H groups in total. The third-order valence-corrected chi connectivity index (χ3v) is 4.49. The van der Waals surface area contributed by atoms with E-state index in [1.54, 1.807) is 6.07 Å². The molecule has 1 saturated heterocycles. The van der Waals surface area contributed by atoms with Crippen molar-refractivity contribution in [1.82, 2.24) is 19.9 Å². The molecule has 0 spiro atoms. The Morgan fingerprint density at radius 3 is 2.54 bits per heavy atom. The van der Waals surface area contributed by atoms with Crippen molar-refractivity contribution in [3.8, 4) is 0 Å². The third-order valence-electron chi connectivity index (χ3n) is 4.49. The first-order valence-electron chi connectivity index (χ1n) is 9.02. The topological polar surface area (TPSA) is 74.5 Å². The lowest BCUT2D eigenvalue weighted by molar-refractivity contribution is -0.117. The lowest BCUT2D eigenvalue weighted by Crippen LogP contribution is -2.48. The number of aromatic nitrogens is 2. The summed E-state index contributed by atoms with van der Waals surface area (Å²) in [5.74, 6) is 0.341. The Hall–Kier alpha value is -2.25. The minimum Gasteiger partial charge on any atom is -0.338 e. The lowest BCUT2D eigenvalue weighted by atomic mass is 9.92. The van der Waals surface area contributed by atoms with E-state index < -0.39 is 0 Å². The highest BCUT2D eigenvalue weighted by Gasteiger charge is 2.22. The molecule has 1 amide bonds. The van der Waals surface area contributed by atoms with E-state index in [4.69, 9.17) is 4.52 Å². The molecule has 0 unspecified atom stereocenters. The number of pyridine rings is 1. The summed E-state index contributed by atoms with van der Waals surface area (Å²) in [6.07, 6.45) is 1.82. The second-order valence-electron chi connectivity index (χ2n) is 7.75. The average molecular weight is 357 g/mol. The molecule has 26 heavy (non-hydrogen) atoms. The van der Waals surface area contributed by atoms with Crippen LogP contribution < -0.4 is 5.32 Å². The standard InChI is InChI=1S/C19H27N5O2/c1-19(2,3)16-12-18(26-22-16)21-17(25)14-24-10-8-23(9-11-24)13-15-6-4-5-7-20-15/h4-7,12H,8-11,13-14H2,1-3H3,(H,21,25). The van der Waals surface area contributed by atoms with Gasteiger partial charge in [-0.1, -0.05) is 32.0 Å². The summed E-state index contributed by atoms with van der Waals surface area (Å²) < 4.78 is 5.22. The maximum absolute atomic E-state index is 12.2. The van der Waals surface area contributed by atoms with E-state index in [-0.39, 0.29) is 11.3 Å². The molecule has 140 valence electrons. The minimum absolute atomic E-state index is 0.0696. The first kappa shape index (κ1) is 18.5. The molecular formula is C19H27N5O2. The molecule has 0 bridgehead atoms. The number of anilines is 1. The fraction of sp³-hybridized carbons (Fsp3) is 0.526. The highest BCUT2D eigenvalue weighted by Crippen LogP contribution is 2.23. The highest BCUT2D eigenvalue weighted by molar-refractivity contribution is 5.91. The summed E-state index contributed by atoms with van der Waals surface area (Å²) in [5.41, 5.74) is 1.81. The van der Waals surface area contributed by atoms with Gasteiger partial charge in [0.1, 0.15) is 0 Å². The van der Waals surface area contributed by atoms with Gasteiger partial charge in [0.2, 0.25) is 11.8 Å². The molecule has 0 atom stereocenters. The van der Waals surface area contributed by atoms with Crippen molar-refractivity contribution >= 4 is 11.8 Å². The SMILES string of the molecule is CC(C)(C)c1cc(NC(=O)CN2CCN(Cc3ccccn3)CC2)on1. The predicted octanol–water partition coefficient (Wildman–Crippen LogP) is 2.12. The van der Waals surface area contributed by atoms with Crippen LogP contribution in [0.2, 0.25) is 0 Å². The Morgan fingerprint density at radius 1 is 1.19 bits per heavy atom. The maximum Gasteiger partial charge on any atom is 0.240 e. The number of amides is 1. The molecule has 0 radical (unpaired) electrons. The fourth-order valence-electron chi connectivity index (χ4n) is 2.89. The molecule has 7 heteroatoms. The zero-order chi connectivity index (χ0) is 18.6. The van der Waals surface area contributed by atoms with Crippen LogP contribution in [0.3, 0.4) is 0 Å². The molecule has 1 aliphatic heterocycles. The van der Waals surface area contributed by atoms with Gasteiger partial charge in [-0.3, -0.25) is 24.9 Å². The number of carbonyl (C=O) groups excluding carboxylic acids is 1. The number of rotatable bonds is 5. The first-order valence-corrected chi connectivity index (χ1v) is 9.02. The van der Waals surface area contributed by atoms with Crippen molar-refractivity contribution < 1.29 is 9.32 Å². The van der Waals surface area contributed by atoms with Gasteiger partial charge in [-0.25, -0.2) is 0 Å². The summed E-state index contributed by atoms with van der Waals surface area (Å²) >= 11 is 0. The molecule has 3 heterocycles. The monoisotopic (exact) mass is 357 g/mol. The van der Waals surface area contributed by atoms with Gasteiger partial charge < -0.3 is 4.52 Å².